The lowest BCUT2D eigenvalue weighted by molar-refractivity contribution is 0.0977. The zero-order valence-electron chi connectivity index (χ0n) is 15.5. The standard InChI is InChI=1S/C21H20N2O4S/c1-13-5-3-4-6-16(13)20(25)23-21(28)22-14-7-9-17(19(11-14)26-2)18-10-8-15(12-24)27-18/h3-11,24H,12H2,1-2H3,(H2,22,23,25,28). The molecule has 1 heterocycles. The van der Waals surface area contributed by atoms with E-state index in [0.29, 0.717) is 28.5 Å². The number of nitrogens with one attached hydrogen (secondary N) is 2. The van der Waals surface area contributed by atoms with E-state index < -0.39 is 0 Å². The van der Waals surface area contributed by atoms with Crippen LogP contribution < -0.4 is 15.4 Å². The normalized spacial score (nSPS) is 10.4. The number of benzene rings is 2. The van der Waals surface area contributed by atoms with E-state index in [1.54, 1.807) is 43.5 Å². The van der Waals surface area contributed by atoms with Crippen molar-refractivity contribution in [2.75, 3.05) is 12.4 Å². The molecule has 7 heteroatoms. The molecule has 3 aromatic rings. The van der Waals surface area contributed by atoms with Crippen molar-refractivity contribution in [3.63, 3.8) is 0 Å². The molecule has 1 amide bonds. The number of aryl methyl sites for hydroxylation is 1. The maximum atomic E-state index is 12.4. The molecule has 144 valence electrons. The van der Waals surface area contributed by atoms with Gasteiger partial charge in [-0.15, -0.1) is 0 Å². The van der Waals surface area contributed by atoms with Crippen LogP contribution in [0.1, 0.15) is 21.7 Å². The number of hydrogen-bond donors (Lipinski definition) is 3. The summed E-state index contributed by atoms with van der Waals surface area (Å²) < 4.78 is 11.0. The summed E-state index contributed by atoms with van der Waals surface area (Å²) in [6, 6.07) is 16.1. The molecule has 1 aromatic heterocycles. The van der Waals surface area contributed by atoms with Crippen LogP contribution in [0.15, 0.2) is 59.0 Å². The highest BCUT2D eigenvalue weighted by Crippen LogP contribution is 2.33. The van der Waals surface area contributed by atoms with Gasteiger partial charge < -0.3 is 19.6 Å². The molecular formula is C21H20N2O4S. The van der Waals surface area contributed by atoms with Crippen LogP contribution in [0.5, 0.6) is 5.75 Å². The average Bonchev–Trinajstić information content (AvgIpc) is 3.17. The molecule has 0 aliphatic carbocycles. The number of carbonyl (C=O) groups excluding carboxylic acids is 1. The van der Waals surface area contributed by atoms with Gasteiger partial charge in [-0.25, -0.2) is 0 Å². The summed E-state index contributed by atoms with van der Waals surface area (Å²) in [5.41, 5.74) is 2.83. The number of methoxy groups -OCH3 is 1. The summed E-state index contributed by atoms with van der Waals surface area (Å²) in [6.45, 7) is 1.70. The summed E-state index contributed by atoms with van der Waals surface area (Å²) in [4.78, 5) is 12.4. The van der Waals surface area contributed by atoms with Crippen LogP contribution in [-0.2, 0) is 6.61 Å². The Balaban J connectivity index is 1.73. The van der Waals surface area contributed by atoms with Gasteiger partial charge in [-0.3, -0.25) is 10.1 Å². The third-order valence-electron chi connectivity index (χ3n) is 4.16. The molecule has 3 rings (SSSR count). The SMILES string of the molecule is COc1cc(NC(=S)NC(=O)c2ccccc2C)ccc1-c1ccc(CO)o1. The Bertz CT molecular complexity index is 1010. The number of anilines is 1. The van der Waals surface area contributed by atoms with Crippen molar-refractivity contribution >= 4 is 28.9 Å². The molecule has 0 fully saturated rings. The van der Waals surface area contributed by atoms with Gasteiger partial charge in [0.15, 0.2) is 5.11 Å². The second-order valence-corrected chi connectivity index (χ2v) is 6.47. The van der Waals surface area contributed by atoms with Gasteiger partial charge in [-0.1, -0.05) is 18.2 Å². The number of ether oxygens (including phenoxy) is 1. The summed E-state index contributed by atoms with van der Waals surface area (Å²) in [5, 5.41) is 15.0. The van der Waals surface area contributed by atoms with E-state index in [4.69, 9.17) is 26.5 Å². The van der Waals surface area contributed by atoms with Crippen molar-refractivity contribution in [3.05, 3.63) is 71.5 Å². The molecule has 0 bridgehead atoms. The topological polar surface area (TPSA) is 83.7 Å². The highest BCUT2D eigenvalue weighted by molar-refractivity contribution is 7.80. The molecule has 0 spiro atoms. The van der Waals surface area contributed by atoms with Gasteiger partial charge in [-0.2, -0.15) is 0 Å². The van der Waals surface area contributed by atoms with Crippen LogP contribution in [0.3, 0.4) is 0 Å². The Morgan fingerprint density at radius 3 is 2.64 bits per heavy atom. The average molecular weight is 396 g/mol. The lowest BCUT2D eigenvalue weighted by Gasteiger charge is -2.13. The van der Waals surface area contributed by atoms with E-state index in [2.05, 4.69) is 10.6 Å². The number of aliphatic hydroxyl groups excluding tert-OH is 1. The van der Waals surface area contributed by atoms with Crippen molar-refractivity contribution in [2.45, 2.75) is 13.5 Å². The fourth-order valence-electron chi connectivity index (χ4n) is 2.74. The Kier molecular flexibility index (Phi) is 6.08. The molecule has 0 saturated carbocycles. The maximum Gasteiger partial charge on any atom is 0.257 e. The first kappa shape index (κ1) is 19.6. The van der Waals surface area contributed by atoms with Crippen LogP contribution in [-0.4, -0.2) is 23.2 Å². The second-order valence-electron chi connectivity index (χ2n) is 6.06. The lowest BCUT2D eigenvalue weighted by Crippen LogP contribution is -2.34. The molecule has 0 unspecified atom stereocenters. The van der Waals surface area contributed by atoms with Crippen LogP contribution >= 0.6 is 12.2 Å². The van der Waals surface area contributed by atoms with Crippen molar-refractivity contribution in [1.82, 2.24) is 5.32 Å². The second kappa shape index (κ2) is 8.69. The van der Waals surface area contributed by atoms with Crippen molar-refractivity contribution in [3.8, 4) is 17.1 Å². The van der Waals surface area contributed by atoms with E-state index >= 15 is 0 Å². The fraction of sp³-hybridized carbons (Fsp3) is 0.143. The Morgan fingerprint density at radius 1 is 1.18 bits per heavy atom. The van der Waals surface area contributed by atoms with Gasteiger partial charge in [0.2, 0.25) is 0 Å². The highest BCUT2D eigenvalue weighted by Gasteiger charge is 2.13. The van der Waals surface area contributed by atoms with E-state index in [0.717, 1.165) is 11.1 Å². The third-order valence-corrected chi connectivity index (χ3v) is 4.36. The van der Waals surface area contributed by atoms with Gasteiger partial charge in [0, 0.05) is 17.3 Å². The van der Waals surface area contributed by atoms with Crippen LogP contribution in [0.4, 0.5) is 5.69 Å². The Morgan fingerprint density at radius 2 is 1.96 bits per heavy atom. The highest BCUT2D eigenvalue weighted by atomic mass is 32.1. The van der Waals surface area contributed by atoms with Gasteiger partial charge >= 0.3 is 0 Å². The Labute approximate surface area is 168 Å². The molecule has 0 saturated heterocycles. The smallest absolute Gasteiger partial charge is 0.257 e. The number of thiocarbonyl (C=S) groups is 1. The van der Waals surface area contributed by atoms with E-state index in [-0.39, 0.29) is 17.6 Å². The molecule has 0 radical (unpaired) electrons. The minimum atomic E-state index is -0.272. The molecule has 0 aliphatic heterocycles. The van der Waals surface area contributed by atoms with E-state index in [1.165, 1.54) is 0 Å². The molecule has 6 nitrogen and oxygen atoms in total. The number of carbonyl (C=O) groups is 1. The number of aliphatic hydroxyl groups is 1. The van der Waals surface area contributed by atoms with Crippen LogP contribution in [0, 0.1) is 6.92 Å². The zero-order valence-corrected chi connectivity index (χ0v) is 16.3. The quantitative estimate of drug-likeness (QED) is 0.568. The minimum Gasteiger partial charge on any atom is -0.496 e. The van der Waals surface area contributed by atoms with E-state index in [1.807, 2.05) is 25.1 Å². The summed E-state index contributed by atoms with van der Waals surface area (Å²) in [7, 11) is 1.55. The first-order valence-corrected chi connectivity index (χ1v) is 8.98. The van der Waals surface area contributed by atoms with Crippen molar-refractivity contribution < 1.29 is 19.1 Å². The Hall–Kier alpha value is -3.16. The maximum absolute atomic E-state index is 12.4. The fourth-order valence-corrected chi connectivity index (χ4v) is 2.95. The number of hydrogen-bond acceptors (Lipinski definition) is 5. The van der Waals surface area contributed by atoms with Gasteiger partial charge in [0.05, 0.1) is 12.7 Å². The zero-order chi connectivity index (χ0) is 20.1. The summed E-state index contributed by atoms with van der Waals surface area (Å²) in [5.74, 6) is 1.35. The monoisotopic (exact) mass is 396 g/mol. The third kappa shape index (κ3) is 4.39. The molecular weight excluding hydrogens is 376 g/mol. The van der Waals surface area contributed by atoms with Crippen LogP contribution in [0.25, 0.3) is 11.3 Å². The molecule has 28 heavy (non-hydrogen) atoms. The first-order chi connectivity index (χ1) is 13.5. The minimum absolute atomic E-state index is 0.170. The van der Waals surface area contributed by atoms with Crippen LogP contribution in [0.2, 0.25) is 0 Å². The van der Waals surface area contributed by atoms with Crippen molar-refractivity contribution in [2.24, 2.45) is 0 Å². The number of rotatable bonds is 5. The van der Waals surface area contributed by atoms with Gasteiger partial charge in [0.1, 0.15) is 23.9 Å². The molecule has 0 aliphatic rings. The van der Waals surface area contributed by atoms with E-state index in [9.17, 15) is 4.79 Å². The summed E-state index contributed by atoms with van der Waals surface area (Å²) in [6.07, 6.45) is 0. The summed E-state index contributed by atoms with van der Waals surface area (Å²) >= 11 is 5.25. The van der Waals surface area contributed by atoms with Gasteiger partial charge in [-0.05, 0) is 55.0 Å². The largest absolute Gasteiger partial charge is 0.496 e. The lowest BCUT2D eigenvalue weighted by atomic mass is 10.1. The number of furan rings is 1. The molecule has 2 aromatic carbocycles. The number of amides is 1. The predicted molar refractivity (Wildman–Crippen MR) is 111 cm³/mol. The molecule has 0 atom stereocenters. The predicted octanol–water partition coefficient (Wildman–Crippen LogP) is 3.88. The van der Waals surface area contributed by atoms with Gasteiger partial charge in [0.25, 0.3) is 5.91 Å². The van der Waals surface area contributed by atoms with Crippen molar-refractivity contribution in [1.29, 1.82) is 0 Å². The molecule has 3 N–H and O–H groups in total. The first-order valence-electron chi connectivity index (χ1n) is 8.57.